The van der Waals surface area contributed by atoms with Gasteiger partial charge in [0, 0.05) is 37.6 Å². The standard InChI is InChI=1S/C12H18BrN3O3S2/c1-3-14-12(17)15-4-6-16(7-5-15)21(18,19)10-8-11(13)20-9(10)2/h8H,3-7H2,1-2H3,(H,14,17). The van der Waals surface area contributed by atoms with Crippen LogP contribution in [0.2, 0.25) is 0 Å². The first-order chi connectivity index (χ1) is 9.86. The van der Waals surface area contributed by atoms with E-state index in [4.69, 9.17) is 0 Å². The van der Waals surface area contributed by atoms with Crippen LogP contribution in [0.25, 0.3) is 0 Å². The van der Waals surface area contributed by atoms with E-state index >= 15 is 0 Å². The number of sulfonamides is 1. The van der Waals surface area contributed by atoms with Crippen molar-refractivity contribution in [1.82, 2.24) is 14.5 Å². The molecule has 21 heavy (non-hydrogen) atoms. The maximum Gasteiger partial charge on any atom is 0.317 e. The predicted molar refractivity (Wildman–Crippen MR) is 86.2 cm³/mol. The van der Waals surface area contributed by atoms with Crippen LogP contribution in [0.1, 0.15) is 11.8 Å². The van der Waals surface area contributed by atoms with Crippen molar-refractivity contribution in [3.05, 3.63) is 14.7 Å². The van der Waals surface area contributed by atoms with Crippen molar-refractivity contribution in [2.45, 2.75) is 18.7 Å². The highest BCUT2D eigenvalue weighted by atomic mass is 79.9. The van der Waals surface area contributed by atoms with E-state index in [9.17, 15) is 13.2 Å². The second kappa shape index (κ2) is 6.64. The van der Waals surface area contributed by atoms with Gasteiger partial charge < -0.3 is 10.2 Å². The van der Waals surface area contributed by atoms with Crippen molar-refractivity contribution < 1.29 is 13.2 Å². The Bertz CT molecular complexity index is 622. The smallest absolute Gasteiger partial charge is 0.317 e. The molecule has 0 aliphatic carbocycles. The third-order valence-corrected chi connectivity index (χ3v) is 7.02. The number of piperazine rings is 1. The molecule has 0 unspecified atom stereocenters. The molecule has 1 fully saturated rings. The molecule has 1 aliphatic rings. The zero-order valence-corrected chi connectivity index (χ0v) is 15.1. The maximum absolute atomic E-state index is 12.6. The lowest BCUT2D eigenvalue weighted by atomic mass is 10.4. The number of aryl methyl sites for hydroxylation is 1. The topological polar surface area (TPSA) is 69.7 Å². The molecule has 0 radical (unpaired) electrons. The predicted octanol–water partition coefficient (Wildman–Crippen LogP) is 1.85. The van der Waals surface area contributed by atoms with Crippen LogP contribution >= 0.6 is 27.3 Å². The third-order valence-electron chi connectivity index (χ3n) is 3.31. The van der Waals surface area contributed by atoms with E-state index in [2.05, 4.69) is 21.2 Å². The highest BCUT2D eigenvalue weighted by molar-refractivity contribution is 9.11. The molecule has 2 heterocycles. The first kappa shape index (κ1) is 16.7. The van der Waals surface area contributed by atoms with Crippen LogP contribution in [0.5, 0.6) is 0 Å². The second-order valence-electron chi connectivity index (χ2n) is 4.70. The van der Waals surface area contributed by atoms with Gasteiger partial charge in [-0.25, -0.2) is 13.2 Å². The molecule has 6 nitrogen and oxygen atoms in total. The summed E-state index contributed by atoms with van der Waals surface area (Å²) in [5.74, 6) is 0. The van der Waals surface area contributed by atoms with E-state index in [1.165, 1.54) is 15.6 Å². The number of nitrogens with one attached hydrogen (secondary N) is 1. The van der Waals surface area contributed by atoms with Crippen LogP contribution in [-0.4, -0.2) is 56.4 Å². The van der Waals surface area contributed by atoms with E-state index in [-0.39, 0.29) is 6.03 Å². The Labute approximate surface area is 137 Å². The van der Waals surface area contributed by atoms with Gasteiger partial charge in [0.15, 0.2) is 0 Å². The molecule has 1 aromatic rings. The molecule has 0 aromatic carbocycles. The Hall–Kier alpha value is -0.640. The summed E-state index contributed by atoms with van der Waals surface area (Å²) in [6.07, 6.45) is 0. The molecular formula is C12H18BrN3O3S2. The van der Waals surface area contributed by atoms with Gasteiger partial charge in [0.1, 0.15) is 0 Å². The summed E-state index contributed by atoms with van der Waals surface area (Å²) in [5.41, 5.74) is 0. The minimum absolute atomic E-state index is 0.135. The van der Waals surface area contributed by atoms with Gasteiger partial charge in [0.05, 0.1) is 8.68 Å². The van der Waals surface area contributed by atoms with Gasteiger partial charge in [0.25, 0.3) is 0 Å². The van der Waals surface area contributed by atoms with E-state index in [1.807, 2.05) is 6.92 Å². The molecule has 0 spiro atoms. The Morgan fingerprint density at radius 2 is 2.00 bits per heavy atom. The van der Waals surface area contributed by atoms with Crippen molar-refractivity contribution in [1.29, 1.82) is 0 Å². The molecule has 0 saturated carbocycles. The molecule has 2 rings (SSSR count). The Kier molecular flexibility index (Phi) is 5.29. The third kappa shape index (κ3) is 3.58. The molecule has 1 aliphatic heterocycles. The van der Waals surface area contributed by atoms with Crippen molar-refractivity contribution in [3.63, 3.8) is 0 Å². The SMILES string of the molecule is CCNC(=O)N1CCN(S(=O)(=O)c2cc(Br)sc2C)CC1. The summed E-state index contributed by atoms with van der Waals surface area (Å²) in [7, 11) is -3.48. The van der Waals surface area contributed by atoms with Crippen LogP contribution < -0.4 is 5.32 Å². The van der Waals surface area contributed by atoms with Crippen molar-refractivity contribution in [2.75, 3.05) is 32.7 Å². The zero-order chi connectivity index (χ0) is 15.6. The lowest BCUT2D eigenvalue weighted by molar-refractivity contribution is 0.173. The summed E-state index contributed by atoms with van der Waals surface area (Å²) in [6, 6.07) is 1.51. The first-order valence-electron chi connectivity index (χ1n) is 6.65. The number of urea groups is 1. The first-order valence-corrected chi connectivity index (χ1v) is 9.70. The molecule has 118 valence electrons. The van der Waals surface area contributed by atoms with Gasteiger partial charge in [-0.2, -0.15) is 4.31 Å². The van der Waals surface area contributed by atoms with E-state index in [0.717, 1.165) is 8.66 Å². The molecule has 1 aromatic heterocycles. The molecular weight excluding hydrogens is 378 g/mol. The summed E-state index contributed by atoms with van der Waals surface area (Å²) in [4.78, 5) is 14.5. The van der Waals surface area contributed by atoms with Crippen LogP contribution in [0.15, 0.2) is 14.7 Å². The van der Waals surface area contributed by atoms with Gasteiger partial charge in [-0.1, -0.05) is 0 Å². The Balaban J connectivity index is 2.08. The number of carbonyl (C=O) groups excluding carboxylic acids is 1. The number of hydrogen-bond donors (Lipinski definition) is 1. The number of rotatable bonds is 3. The minimum Gasteiger partial charge on any atom is -0.338 e. The van der Waals surface area contributed by atoms with Gasteiger partial charge in [-0.05, 0) is 35.8 Å². The summed E-state index contributed by atoms with van der Waals surface area (Å²) in [5, 5.41) is 2.73. The number of hydrogen-bond acceptors (Lipinski definition) is 4. The van der Waals surface area contributed by atoms with Crippen molar-refractivity contribution in [2.24, 2.45) is 0 Å². The van der Waals surface area contributed by atoms with Crippen LogP contribution in [-0.2, 0) is 10.0 Å². The zero-order valence-electron chi connectivity index (χ0n) is 11.9. The van der Waals surface area contributed by atoms with Gasteiger partial charge >= 0.3 is 6.03 Å². The molecule has 1 N–H and O–H groups in total. The molecule has 1 saturated heterocycles. The fraction of sp³-hybridized carbons (Fsp3) is 0.583. The van der Waals surface area contributed by atoms with Gasteiger partial charge in [0.2, 0.25) is 10.0 Å². The molecule has 0 bridgehead atoms. The maximum atomic E-state index is 12.6. The average molecular weight is 396 g/mol. The number of carbonyl (C=O) groups is 1. The summed E-state index contributed by atoms with van der Waals surface area (Å²) >= 11 is 4.73. The molecule has 0 atom stereocenters. The van der Waals surface area contributed by atoms with Crippen molar-refractivity contribution >= 4 is 43.3 Å². The van der Waals surface area contributed by atoms with E-state index in [1.54, 1.807) is 17.9 Å². The monoisotopic (exact) mass is 395 g/mol. The van der Waals surface area contributed by atoms with E-state index in [0.29, 0.717) is 37.6 Å². The minimum atomic E-state index is -3.48. The van der Waals surface area contributed by atoms with Crippen LogP contribution in [0.4, 0.5) is 4.79 Å². The van der Waals surface area contributed by atoms with Gasteiger partial charge in [-0.15, -0.1) is 11.3 Å². The highest BCUT2D eigenvalue weighted by Gasteiger charge is 2.31. The largest absolute Gasteiger partial charge is 0.338 e. The quantitative estimate of drug-likeness (QED) is 0.848. The Morgan fingerprint density at radius 3 is 2.48 bits per heavy atom. The number of amides is 2. The lowest BCUT2D eigenvalue weighted by Crippen LogP contribution is -2.53. The molecule has 9 heteroatoms. The lowest BCUT2D eigenvalue weighted by Gasteiger charge is -2.33. The van der Waals surface area contributed by atoms with E-state index < -0.39 is 10.0 Å². The fourth-order valence-electron chi connectivity index (χ4n) is 2.22. The van der Waals surface area contributed by atoms with Crippen LogP contribution in [0, 0.1) is 6.92 Å². The Morgan fingerprint density at radius 1 is 1.38 bits per heavy atom. The summed E-state index contributed by atoms with van der Waals surface area (Å²) < 4.78 is 27.5. The average Bonchev–Trinajstić information content (AvgIpc) is 2.79. The normalized spacial score (nSPS) is 17.0. The fourth-order valence-corrected chi connectivity index (χ4v) is 6.03. The molecule has 2 amide bonds. The number of nitrogens with zero attached hydrogens (tertiary/aromatic N) is 2. The second-order valence-corrected chi connectivity index (χ2v) is 9.24. The summed E-state index contributed by atoms with van der Waals surface area (Å²) in [6.45, 7) is 5.70. The highest BCUT2D eigenvalue weighted by Crippen LogP contribution is 2.31. The van der Waals surface area contributed by atoms with Crippen molar-refractivity contribution in [3.8, 4) is 0 Å². The number of thiophene rings is 1. The number of halogens is 1. The van der Waals surface area contributed by atoms with Crippen LogP contribution in [0.3, 0.4) is 0 Å². The van der Waals surface area contributed by atoms with Gasteiger partial charge in [-0.3, -0.25) is 0 Å².